The lowest BCUT2D eigenvalue weighted by molar-refractivity contribution is 0.474. The number of rotatable bonds is 0. The molecule has 2 heteroatoms. The summed E-state index contributed by atoms with van der Waals surface area (Å²) in [5.41, 5.74) is 3.03. The average molecular weight is 312 g/mol. The Kier molecular flexibility index (Phi) is 9.27. The van der Waals surface area contributed by atoms with Crippen molar-refractivity contribution < 1.29 is 10.2 Å². The zero-order valence-corrected chi connectivity index (χ0v) is 14.6. The Balaban J connectivity index is 0.000000377. The van der Waals surface area contributed by atoms with Gasteiger partial charge in [0.2, 0.25) is 0 Å². The molecule has 124 valence electrons. The molecule has 0 saturated heterocycles. The number of hydrogen-bond donors (Lipinski definition) is 2. The van der Waals surface area contributed by atoms with Crippen molar-refractivity contribution in [2.24, 2.45) is 0 Å². The van der Waals surface area contributed by atoms with Gasteiger partial charge in [-0.15, -0.1) is 12.8 Å². The van der Waals surface area contributed by atoms with Crippen LogP contribution in [0.15, 0.2) is 48.5 Å². The molecule has 2 nitrogen and oxygen atoms in total. The first-order valence-corrected chi connectivity index (χ1v) is 7.89. The second-order valence-electron chi connectivity index (χ2n) is 5.56. The summed E-state index contributed by atoms with van der Waals surface area (Å²) in [7, 11) is 0. The molecule has 23 heavy (non-hydrogen) atoms. The van der Waals surface area contributed by atoms with E-state index in [1.165, 1.54) is 17.5 Å². The van der Waals surface area contributed by atoms with Crippen molar-refractivity contribution in [2.45, 2.75) is 46.0 Å². The van der Waals surface area contributed by atoms with Gasteiger partial charge in [-0.1, -0.05) is 52.0 Å². The van der Waals surface area contributed by atoms with Gasteiger partial charge in [0.15, 0.2) is 0 Å². The van der Waals surface area contributed by atoms with Crippen molar-refractivity contribution in [2.75, 3.05) is 0 Å². The van der Waals surface area contributed by atoms with Gasteiger partial charge >= 0.3 is 0 Å². The van der Waals surface area contributed by atoms with Gasteiger partial charge in [0.25, 0.3) is 0 Å². The normalized spacial score (nSPS) is 13.0. The summed E-state index contributed by atoms with van der Waals surface area (Å²) < 4.78 is 0. The highest BCUT2D eigenvalue weighted by atomic mass is 16.3. The highest BCUT2D eigenvalue weighted by Gasteiger charge is 2.29. The Hall–Kier alpha value is -2.40. The van der Waals surface area contributed by atoms with E-state index in [0.29, 0.717) is 16.9 Å². The summed E-state index contributed by atoms with van der Waals surface area (Å²) in [5.74, 6) is 0.717. The minimum atomic E-state index is 0.309. The summed E-state index contributed by atoms with van der Waals surface area (Å²) in [6.07, 6.45) is 10.3. The van der Waals surface area contributed by atoms with E-state index >= 15 is 0 Å². The number of terminal acetylenes is 1. The number of para-hydroxylation sites is 1. The molecule has 1 aliphatic carbocycles. The van der Waals surface area contributed by atoms with Crippen LogP contribution < -0.4 is 0 Å². The summed E-state index contributed by atoms with van der Waals surface area (Å²) >= 11 is 0. The molecule has 0 heterocycles. The third kappa shape index (κ3) is 6.48. The zero-order chi connectivity index (χ0) is 17.9. The van der Waals surface area contributed by atoms with Crippen LogP contribution in [0, 0.1) is 12.8 Å². The first-order valence-electron chi connectivity index (χ1n) is 7.89. The van der Waals surface area contributed by atoms with Crippen molar-refractivity contribution >= 4 is 0 Å². The van der Waals surface area contributed by atoms with Crippen LogP contribution in [0.5, 0.6) is 11.5 Å². The predicted molar refractivity (Wildman–Crippen MR) is 98.8 cm³/mol. The molecular weight excluding hydrogens is 284 g/mol. The maximum atomic E-state index is 9.27. The van der Waals surface area contributed by atoms with Crippen molar-refractivity contribution in [3.8, 4) is 24.3 Å². The monoisotopic (exact) mass is 312 g/mol. The van der Waals surface area contributed by atoms with Crippen molar-refractivity contribution in [1.29, 1.82) is 0 Å². The first-order chi connectivity index (χ1) is 11.0. The maximum Gasteiger partial charge on any atom is 0.115 e. The second kappa shape index (κ2) is 10.3. The van der Waals surface area contributed by atoms with Gasteiger partial charge in [0, 0.05) is 0 Å². The Bertz CT molecular complexity index is 583. The van der Waals surface area contributed by atoms with Crippen LogP contribution in [0.1, 0.15) is 45.2 Å². The number of phenols is 2. The largest absolute Gasteiger partial charge is 0.508 e. The van der Waals surface area contributed by atoms with Gasteiger partial charge in [-0.05, 0) is 53.6 Å². The van der Waals surface area contributed by atoms with Crippen LogP contribution in [-0.2, 0) is 11.8 Å². The van der Waals surface area contributed by atoms with Crippen LogP contribution in [0.3, 0.4) is 0 Å². The molecule has 0 atom stereocenters. The number of aromatic hydroxyl groups is 2. The quantitative estimate of drug-likeness (QED) is 0.649. The molecule has 2 N–H and O–H groups in total. The molecule has 0 fully saturated rings. The summed E-state index contributed by atoms with van der Waals surface area (Å²) in [5, 5.41) is 17.9. The predicted octanol–water partition coefficient (Wildman–Crippen LogP) is 5.28. The molecule has 0 spiro atoms. The minimum Gasteiger partial charge on any atom is -0.508 e. The van der Waals surface area contributed by atoms with E-state index in [4.69, 9.17) is 5.11 Å². The molecule has 0 aromatic heterocycles. The topological polar surface area (TPSA) is 40.5 Å². The highest BCUT2D eigenvalue weighted by Crippen LogP contribution is 2.39. The van der Waals surface area contributed by atoms with E-state index in [0.717, 1.165) is 6.42 Å². The van der Waals surface area contributed by atoms with Crippen LogP contribution in [-0.4, -0.2) is 10.2 Å². The van der Waals surface area contributed by atoms with E-state index in [9.17, 15) is 5.11 Å². The van der Waals surface area contributed by atoms with Gasteiger partial charge in [0.1, 0.15) is 11.5 Å². The number of fused-ring (bicyclic) bond motifs is 1. The molecule has 0 aliphatic heterocycles. The lowest BCUT2D eigenvalue weighted by Crippen LogP contribution is -2.11. The molecule has 0 unspecified atom stereocenters. The third-order valence-electron chi connectivity index (χ3n) is 3.59. The fourth-order valence-electron chi connectivity index (χ4n) is 2.46. The number of benzene rings is 2. The molecule has 3 rings (SSSR count). The molecule has 0 radical (unpaired) electrons. The van der Waals surface area contributed by atoms with Crippen LogP contribution >= 0.6 is 0 Å². The lowest BCUT2D eigenvalue weighted by atomic mass is 9.87. The Morgan fingerprint density at radius 2 is 1.43 bits per heavy atom. The van der Waals surface area contributed by atoms with Gasteiger partial charge in [0.05, 0.1) is 0 Å². The van der Waals surface area contributed by atoms with E-state index < -0.39 is 0 Å². The molecular formula is C21H28O2. The number of hydrogen-bond acceptors (Lipinski definition) is 2. The summed E-state index contributed by atoms with van der Waals surface area (Å²) in [6, 6.07) is 14.4. The maximum absolute atomic E-state index is 9.27. The zero-order valence-electron chi connectivity index (χ0n) is 14.6. The number of aryl methyl sites for hydroxylation is 1. The van der Waals surface area contributed by atoms with E-state index in [-0.39, 0.29) is 0 Å². The number of phenolic OH excluding ortho intramolecular Hbond substituents is 2. The third-order valence-corrected chi connectivity index (χ3v) is 3.59. The van der Waals surface area contributed by atoms with Crippen LogP contribution in [0.25, 0.3) is 0 Å². The lowest BCUT2D eigenvalue weighted by Gasteiger charge is -2.18. The standard InChI is InChI=1S/C11H14O.C6H6O.C2H6.C2H2/c1-11(2)6-5-8-7-9(12)3-4-10(8)11;7-6-4-2-1-3-5-6;2*1-2/h3-4,7,12H,5-6H2,1-2H3;1-5,7H;1-2H3;1-2H. The second-order valence-corrected chi connectivity index (χ2v) is 5.56. The highest BCUT2D eigenvalue weighted by molar-refractivity contribution is 5.42. The van der Waals surface area contributed by atoms with Crippen molar-refractivity contribution in [3.05, 3.63) is 59.7 Å². The fourth-order valence-corrected chi connectivity index (χ4v) is 2.46. The fraction of sp³-hybridized carbons (Fsp3) is 0.333. The van der Waals surface area contributed by atoms with E-state index in [1.54, 1.807) is 30.3 Å². The van der Waals surface area contributed by atoms with Crippen molar-refractivity contribution in [1.82, 2.24) is 0 Å². The molecule has 2 aromatic carbocycles. The smallest absolute Gasteiger partial charge is 0.115 e. The molecule has 1 aliphatic rings. The molecule has 2 aromatic rings. The summed E-state index contributed by atoms with van der Waals surface area (Å²) in [6.45, 7) is 8.52. The van der Waals surface area contributed by atoms with Crippen LogP contribution in [0.4, 0.5) is 0 Å². The molecule has 0 amide bonds. The van der Waals surface area contributed by atoms with E-state index in [2.05, 4.69) is 32.8 Å². The summed E-state index contributed by atoms with van der Waals surface area (Å²) in [4.78, 5) is 0. The SMILES string of the molecule is C#C.CC.CC1(C)CCc2cc(O)ccc21.Oc1ccccc1. The van der Waals surface area contributed by atoms with Gasteiger partial charge in [-0.25, -0.2) is 0 Å². The Labute approximate surface area is 140 Å². The van der Waals surface area contributed by atoms with Crippen molar-refractivity contribution in [3.63, 3.8) is 0 Å². The van der Waals surface area contributed by atoms with Gasteiger partial charge in [-0.2, -0.15) is 0 Å². The average Bonchev–Trinajstić information content (AvgIpc) is 2.87. The first kappa shape index (κ1) is 20.6. The van der Waals surface area contributed by atoms with Gasteiger partial charge in [-0.3, -0.25) is 0 Å². The Morgan fingerprint density at radius 1 is 0.870 bits per heavy atom. The van der Waals surface area contributed by atoms with E-state index in [1.807, 2.05) is 26.0 Å². The van der Waals surface area contributed by atoms with Crippen LogP contribution in [0.2, 0.25) is 0 Å². The minimum absolute atomic E-state index is 0.309. The molecule has 0 saturated carbocycles. The Morgan fingerprint density at radius 3 is 1.91 bits per heavy atom. The molecule has 0 bridgehead atoms. The van der Waals surface area contributed by atoms with Gasteiger partial charge < -0.3 is 10.2 Å².